The molecule has 6 N–H and O–H groups in total. The highest BCUT2D eigenvalue weighted by molar-refractivity contribution is 5.25. The summed E-state index contributed by atoms with van der Waals surface area (Å²) in [7, 11) is 0. The Hall–Kier alpha value is -1.00. The summed E-state index contributed by atoms with van der Waals surface area (Å²) in [6, 6.07) is 0. The van der Waals surface area contributed by atoms with Crippen molar-refractivity contribution >= 4 is 0 Å². The van der Waals surface area contributed by atoms with Crippen molar-refractivity contribution in [2.45, 2.75) is 12.1 Å². The third-order valence-electron chi connectivity index (χ3n) is 1.73. The third-order valence-corrected chi connectivity index (χ3v) is 1.73. The predicted octanol–water partition coefficient (Wildman–Crippen LogP) is -1.02. The molecule has 0 aliphatic carbocycles. The Kier molecular flexibility index (Phi) is 2.16. The Bertz CT molecular complexity index is 200. The van der Waals surface area contributed by atoms with E-state index in [0.29, 0.717) is 12.1 Å². The lowest BCUT2D eigenvalue weighted by Crippen LogP contribution is -2.56. The average molecular weight is 155 g/mol. The second-order valence-electron chi connectivity index (χ2n) is 2.57. The van der Waals surface area contributed by atoms with E-state index in [1.54, 1.807) is 18.4 Å². The predicted molar refractivity (Wildman–Crippen MR) is 43.2 cm³/mol. The van der Waals surface area contributed by atoms with Crippen molar-refractivity contribution in [2.24, 2.45) is 11.5 Å². The van der Waals surface area contributed by atoms with Crippen molar-refractivity contribution in [2.75, 3.05) is 6.61 Å². The summed E-state index contributed by atoms with van der Waals surface area (Å²) in [5.74, 6) is 0. The molecule has 0 aromatic heterocycles. The molecule has 1 rings (SSSR count). The van der Waals surface area contributed by atoms with Crippen LogP contribution in [0.5, 0.6) is 0 Å². The summed E-state index contributed by atoms with van der Waals surface area (Å²) >= 11 is 0. The standard InChI is InChI=1S/C7H13N3O/c8-6-2-1-4-10-7(6,9)3-5-11/h1-2,4,10-11H,3,5,8-9H2. The molecule has 0 aromatic rings. The Balaban J connectivity index is 2.71. The van der Waals surface area contributed by atoms with Crippen molar-refractivity contribution in [3.05, 3.63) is 24.0 Å². The molecule has 4 nitrogen and oxygen atoms in total. The molecule has 0 radical (unpaired) electrons. The fraction of sp³-hybridized carbons (Fsp3) is 0.429. The third kappa shape index (κ3) is 1.53. The summed E-state index contributed by atoms with van der Waals surface area (Å²) in [6.07, 6.45) is 5.63. The number of hydrogen-bond acceptors (Lipinski definition) is 4. The smallest absolute Gasteiger partial charge is 0.128 e. The number of allylic oxidation sites excluding steroid dienone is 2. The van der Waals surface area contributed by atoms with Gasteiger partial charge in [-0.15, -0.1) is 0 Å². The average Bonchev–Trinajstić information content (AvgIpc) is 1.96. The Labute approximate surface area is 65.6 Å². The summed E-state index contributed by atoms with van der Waals surface area (Å²) in [5, 5.41) is 11.6. The molecule has 1 aliphatic rings. The first kappa shape index (κ1) is 8.10. The molecule has 0 amide bonds. The molecule has 0 bridgehead atoms. The van der Waals surface area contributed by atoms with Gasteiger partial charge in [-0.3, -0.25) is 0 Å². The van der Waals surface area contributed by atoms with E-state index < -0.39 is 5.66 Å². The van der Waals surface area contributed by atoms with Crippen LogP contribution in [0.3, 0.4) is 0 Å². The van der Waals surface area contributed by atoms with E-state index in [2.05, 4.69) is 5.32 Å². The van der Waals surface area contributed by atoms with Crippen LogP contribution in [0, 0.1) is 0 Å². The number of hydrogen-bond donors (Lipinski definition) is 4. The highest BCUT2D eigenvalue weighted by Gasteiger charge is 2.26. The van der Waals surface area contributed by atoms with E-state index in [9.17, 15) is 0 Å². The molecule has 62 valence electrons. The van der Waals surface area contributed by atoms with Crippen molar-refractivity contribution in [1.82, 2.24) is 5.32 Å². The molecule has 11 heavy (non-hydrogen) atoms. The maximum Gasteiger partial charge on any atom is 0.128 e. The fourth-order valence-corrected chi connectivity index (χ4v) is 0.973. The molecule has 1 atom stereocenters. The normalized spacial score (nSPS) is 29.5. The van der Waals surface area contributed by atoms with Crippen molar-refractivity contribution in [3.8, 4) is 0 Å². The van der Waals surface area contributed by atoms with Gasteiger partial charge in [-0.1, -0.05) is 0 Å². The monoisotopic (exact) mass is 155 g/mol. The molecule has 4 heteroatoms. The van der Waals surface area contributed by atoms with Gasteiger partial charge in [0.1, 0.15) is 5.66 Å². The number of nitrogens with two attached hydrogens (primary N) is 2. The van der Waals surface area contributed by atoms with Gasteiger partial charge in [0.05, 0.1) is 0 Å². The number of aliphatic hydroxyl groups excluding tert-OH is 1. The highest BCUT2D eigenvalue weighted by Crippen LogP contribution is 2.12. The van der Waals surface area contributed by atoms with Crippen LogP contribution in [0.2, 0.25) is 0 Å². The van der Waals surface area contributed by atoms with Crippen LogP contribution in [-0.2, 0) is 0 Å². The Morgan fingerprint density at radius 2 is 2.36 bits per heavy atom. The van der Waals surface area contributed by atoms with E-state index in [1.165, 1.54) is 0 Å². The van der Waals surface area contributed by atoms with Crippen LogP contribution < -0.4 is 16.8 Å². The summed E-state index contributed by atoms with van der Waals surface area (Å²) in [5.41, 5.74) is 11.2. The van der Waals surface area contributed by atoms with Crippen molar-refractivity contribution < 1.29 is 5.11 Å². The lowest BCUT2D eigenvalue weighted by molar-refractivity contribution is 0.241. The van der Waals surface area contributed by atoms with Gasteiger partial charge < -0.3 is 21.9 Å². The SMILES string of the molecule is NC1=CC=CNC1(N)CCO. The first-order chi connectivity index (χ1) is 5.19. The molecule has 1 aliphatic heterocycles. The zero-order valence-electron chi connectivity index (χ0n) is 6.25. The molecule has 0 saturated heterocycles. The van der Waals surface area contributed by atoms with Gasteiger partial charge in [-0.25, -0.2) is 0 Å². The first-order valence-corrected chi connectivity index (χ1v) is 3.49. The number of dihydropyridines is 1. The molecule has 0 spiro atoms. The van der Waals surface area contributed by atoms with Crippen LogP contribution in [-0.4, -0.2) is 17.4 Å². The minimum Gasteiger partial charge on any atom is -0.399 e. The number of rotatable bonds is 2. The Morgan fingerprint density at radius 1 is 1.64 bits per heavy atom. The first-order valence-electron chi connectivity index (χ1n) is 3.49. The summed E-state index contributed by atoms with van der Waals surface area (Å²) in [4.78, 5) is 0. The van der Waals surface area contributed by atoms with E-state index in [-0.39, 0.29) is 6.61 Å². The van der Waals surface area contributed by atoms with E-state index in [1.807, 2.05) is 0 Å². The van der Waals surface area contributed by atoms with Gasteiger partial charge in [0.2, 0.25) is 0 Å². The van der Waals surface area contributed by atoms with Gasteiger partial charge in [-0.05, 0) is 18.4 Å². The van der Waals surface area contributed by atoms with Gasteiger partial charge in [0.25, 0.3) is 0 Å². The molecular weight excluding hydrogens is 142 g/mol. The van der Waals surface area contributed by atoms with Gasteiger partial charge in [0, 0.05) is 18.7 Å². The Morgan fingerprint density at radius 3 is 2.91 bits per heavy atom. The molecule has 0 saturated carbocycles. The molecular formula is C7H13N3O. The molecule has 0 fully saturated rings. The van der Waals surface area contributed by atoms with Crippen LogP contribution in [0.15, 0.2) is 24.0 Å². The second kappa shape index (κ2) is 2.94. The van der Waals surface area contributed by atoms with E-state index in [0.717, 1.165) is 0 Å². The largest absolute Gasteiger partial charge is 0.399 e. The van der Waals surface area contributed by atoms with Gasteiger partial charge in [0.15, 0.2) is 0 Å². The van der Waals surface area contributed by atoms with Crippen LogP contribution in [0.25, 0.3) is 0 Å². The highest BCUT2D eigenvalue weighted by atomic mass is 16.3. The lowest BCUT2D eigenvalue weighted by Gasteiger charge is -2.31. The van der Waals surface area contributed by atoms with E-state index >= 15 is 0 Å². The fourth-order valence-electron chi connectivity index (χ4n) is 0.973. The maximum absolute atomic E-state index is 8.67. The van der Waals surface area contributed by atoms with E-state index in [4.69, 9.17) is 16.6 Å². The zero-order valence-corrected chi connectivity index (χ0v) is 6.25. The molecule has 1 unspecified atom stereocenters. The molecule has 1 heterocycles. The van der Waals surface area contributed by atoms with Crippen LogP contribution >= 0.6 is 0 Å². The van der Waals surface area contributed by atoms with Gasteiger partial charge >= 0.3 is 0 Å². The number of nitrogens with one attached hydrogen (secondary N) is 1. The minimum atomic E-state index is -0.760. The topological polar surface area (TPSA) is 84.3 Å². The lowest BCUT2D eigenvalue weighted by atomic mass is 10.0. The van der Waals surface area contributed by atoms with Crippen molar-refractivity contribution in [1.29, 1.82) is 0 Å². The molecule has 0 aromatic carbocycles. The van der Waals surface area contributed by atoms with Crippen molar-refractivity contribution in [3.63, 3.8) is 0 Å². The number of aliphatic hydroxyl groups is 1. The van der Waals surface area contributed by atoms with Gasteiger partial charge in [-0.2, -0.15) is 0 Å². The quantitative estimate of drug-likeness (QED) is 0.411. The minimum absolute atomic E-state index is 0.0197. The summed E-state index contributed by atoms with van der Waals surface area (Å²) < 4.78 is 0. The summed E-state index contributed by atoms with van der Waals surface area (Å²) in [6.45, 7) is 0.0197. The second-order valence-corrected chi connectivity index (χ2v) is 2.57. The van der Waals surface area contributed by atoms with Crippen LogP contribution in [0.1, 0.15) is 6.42 Å². The maximum atomic E-state index is 8.67. The van der Waals surface area contributed by atoms with Crippen LogP contribution in [0.4, 0.5) is 0 Å². The zero-order chi connectivity index (χ0) is 8.32.